The second kappa shape index (κ2) is 30.1. The van der Waals surface area contributed by atoms with Crippen molar-refractivity contribution in [1.82, 2.24) is 0 Å². The van der Waals surface area contributed by atoms with Gasteiger partial charge in [-0.1, -0.05) is 39.3 Å². The quantitative estimate of drug-likeness (QED) is 0.0345. The maximum Gasteiger partial charge on any atom is 0.315 e. The van der Waals surface area contributed by atoms with Gasteiger partial charge in [-0.15, -0.1) is 0 Å². The van der Waals surface area contributed by atoms with Gasteiger partial charge >= 0.3 is 17.9 Å². The smallest absolute Gasteiger partial charge is 0.315 e. The molecule has 4 saturated carbocycles. The number of rotatable bonds is 18. The Bertz CT molecular complexity index is 2960. The summed E-state index contributed by atoms with van der Waals surface area (Å²) in [6.07, 6.45) is -49.6. The third-order valence-electron chi connectivity index (χ3n) is 25.5. The highest BCUT2D eigenvalue weighted by Gasteiger charge is 2.74. The summed E-state index contributed by atoms with van der Waals surface area (Å²) in [5, 5.41) is 210. The number of carbonyl (C=O) groups is 3. The molecule has 0 bridgehead atoms. The van der Waals surface area contributed by atoms with Crippen molar-refractivity contribution >= 4 is 17.9 Å². The zero-order valence-electron chi connectivity index (χ0n) is 58.1. The normalized spacial score (nSPS) is 53.2. The molecule has 6 heterocycles. The van der Waals surface area contributed by atoms with Gasteiger partial charge in [0.25, 0.3) is 0 Å². The molecule has 584 valence electrons. The highest BCUT2D eigenvalue weighted by atomic mass is 16.8. The summed E-state index contributed by atoms with van der Waals surface area (Å²) in [5.74, 6) is -4.86. The van der Waals surface area contributed by atoms with Crippen molar-refractivity contribution in [2.45, 2.75) is 304 Å². The molecule has 0 aromatic heterocycles. The second-order valence-electron chi connectivity index (χ2n) is 31.8. The van der Waals surface area contributed by atoms with Crippen molar-refractivity contribution in [1.29, 1.82) is 0 Å². The van der Waals surface area contributed by atoms with Crippen molar-refractivity contribution in [3.05, 3.63) is 11.6 Å². The molecule has 5 aliphatic carbocycles. The van der Waals surface area contributed by atoms with E-state index in [-0.39, 0.29) is 38.5 Å². The number of esters is 2. The van der Waals surface area contributed by atoms with Gasteiger partial charge in [-0.2, -0.15) is 0 Å². The summed E-state index contributed by atoms with van der Waals surface area (Å²) in [5.41, 5.74) is -5.92. The first kappa shape index (κ1) is 80.0. The fraction of sp³-hybridized carbons (Fsp3) is 0.925. The van der Waals surface area contributed by atoms with Gasteiger partial charge in [0.05, 0.1) is 62.2 Å². The molecule has 6 saturated heterocycles. The van der Waals surface area contributed by atoms with Crippen LogP contribution >= 0.6 is 0 Å². The van der Waals surface area contributed by atoms with E-state index in [1.54, 1.807) is 0 Å². The van der Waals surface area contributed by atoms with Gasteiger partial charge < -0.3 is 159 Å². The minimum absolute atomic E-state index is 0.0898. The van der Waals surface area contributed by atoms with Crippen LogP contribution < -0.4 is 0 Å². The Morgan fingerprint density at radius 2 is 1.00 bits per heavy atom. The standard InChI is InChI=1S/C67H106O35/c1-24-49(98-54-44(82)39(77)33(22-90-54)97-56-45(83)40(78)36(74)30(19-68)94-56)43(81)47(85)55(91-24)100-52-48(86)50(93-26(3)72)25(2)92-58(52)102-61(89)66-14-13-62(4,5)17-28(66)27-9-10-34-63(6)18-29(73)53(65(8,60(87)88)35(63)11-12-64(34,7)67(27,23-71)16-15-66)101-59-51(42(80)38(76)32(21-70)96-59)99-57-46(84)41(79)37(75)31(20-69)95-57/h9,24-25,28-59,68-71,73-86H,10-23H2,1-8H3,(H,87,88)/t24-,25+,28-,29-,30+,31+,32+,33+,34+,35?,36-,37+,38+,39-,40-,41-,42-,43-,44+,45+,46+,47+,48-,49-,50-,51+,52+,53-,54-,55-,56-,57-,58-,59-,63+,64+,65-,66-,67-/m0/s1. The zero-order chi connectivity index (χ0) is 74.7. The maximum atomic E-state index is 15.8. The fourth-order valence-corrected chi connectivity index (χ4v) is 19.6. The molecule has 35 nitrogen and oxygen atoms in total. The Kier molecular flexibility index (Phi) is 23.6. The SMILES string of the molecule is CC(=O)O[C@@H]1[C@H](O)[C@@H](O[C@@H]2O[C@@H](C)[C@H](O[C@@H]3OC[C@@H](O[C@@H]4O[C@H](CO)[C@H](O)[C@H](O)[C@H]4O)[C@H](O)[C@H]3O)[C@@H](O)[C@H]2O)[C@H](OC(=O)[C@]23CCC(C)(C)C[C@H]2C2=CC[C@@H]4[C@@]5(C)C[C@H](O)[C@H](O[C@@H]6O[C@H](CO)[C@@H](O)[C@H](O)[C@H]6O[C@@H]6O[C@H](CO)[C@@H](O)[C@H](O)[C@H]6O)[C@@](C)(C(=O)O)C5CC[C@@]4(C)[C@]2(CO)CC3)O[C@@H]1C. The van der Waals surface area contributed by atoms with Crippen molar-refractivity contribution in [3.8, 4) is 0 Å². The van der Waals surface area contributed by atoms with Crippen molar-refractivity contribution < 1.29 is 173 Å². The van der Waals surface area contributed by atoms with E-state index in [1.807, 2.05) is 13.0 Å². The van der Waals surface area contributed by atoms with Crippen LogP contribution in [0.5, 0.6) is 0 Å². The van der Waals surface area contributed by atoms with Gasteiger partial charge in [0.2, 0.25) is 6.29 Å². The van der Waals surface area contributed by atoms with Gasteiger partial charge in [-0.3, -0.25) is 14.4 Å². The van der Waals surface area contributed by atoms with Crippen molar-refractivity contribution in [3.63, 3.8) is 0 Å². The Hall–Kier alpha value is -3.01. The summed E-state index contributed by atoms with van der Waals surface area (Å²) in [7, 11) is 0. The molecule has 102 heavy (non-hydrogen) atoms. The van der Waals surface area contributed by atoms with Gasteiger partial charge in [-0.25, -0.2) is 0 Å². The second-order valence-corrected chi connectivity index (χ2v) is 31.8. The van der Waals surface area contributed by atoms with Gasteiger partial charge in [0.15, 0.2) is 43.7 Å². The predicted octanol–water partition coefficient (Wildman–Crippen LogP) is -6.11. The van der Waals surface area contributed by atoms with Crippen molar-refractivity contribution in [2.75, 3.05) is 33.0 Å². The number of carboxylic acid groups (broad SMARTS) is 1. The van der Waals surface area contributed by atoms with Crippen LogP contribution in [-0.2, 0) is 76.0 Å². The number of aliphatic hydroxyl groups is 18. The molecule has 19 N–H and O–H groups in total. The molecule has 35 heteroatoms. The van der Waals surface area contributed by atoms with E-state index in [0.29, 0.717) is 19.3 Å². The first-order chi connectivity index (χ1) is 47.8. The Morgan fingerprint density at radius 3 is 1.58 bits per heavy atom. The van der Waals surface area contributed by atoms with E-state index in [9.17, 15) is 107 Å². The Balaban J connectivity index is 0.823. The molecule has 11 rings (SSSR count). The first-order valence-corrected chi connectivity index (χ1v) is 35.3. The van der Waals surface area contributed by atoms with Crippen LogP contribution in [0, 0.1) is 50.2 Å². The Labute approximate surface area is 587 Å². The lowest BCUT2D eigenvalue weighted by molar-refractivity contribution is -0.382. The zero-order valence-corrected chi connectivity index (χ0v) is 58.1. The largest absolute Gasteiger partial charge is 0.481 e. The minimum atomic E-state index is -2.06. The summed E-state index contributed by atoms with van der Waals surface area (Å²) < 4.78 is 77.1. The number of allylic oxidation sites excluding steroid dienone is 1. The minimum Gasteiger partial charge on any atom is -0.481 e. The molecular weight excluding hydrogens is 1360 g/mol. The summed E-state index contributed by atoms with van der Waals surface area (Å²) in [4.78, 5) is 42.5. The lowest BCUT2D eigenvalue weighted by Gasteiger charge is -2.71. The molecule has 11 aliphatic rings. The molecule has 6 aliphatic heterocycles. The van der Waals surface area contributed by atoms with Gasteiger partial charge in [0.1, 0.15) is 122 Å². The summed E-state index contributed by atoms with van der Waals surface area (Å²) in [6, 6.07) is 0. The average Bonchev–Trinajstić information content (AvgIpc) is 0.669. The molecule has 0 radical (unpaired) electrons. The number of fused-ring (bicyclic) bond motifs is 7. The molecule has 1 unspecified atom stereocenters. The third kappa shape index (κ3) is 13.5. The van der Waals surface area contributed by atoms with Crippen LogP contribution in [0.4, 0.5) is 0 Å². The van der Waals surface area contributed by atoms with E-state index in [4.69, 9.17) is 61.6 Å². The average molecular weight is 1470 g/mol. The van der Waals surface area contributed by atoms with Crippen LogP contribution in [0.3, 0.4) is 0 Å². The van der Waals surface area contributed by atoms with Crippen LogP contribution in [0.25, 0.3) is 0 Å². The lowest BCUT2D eigenvalue weighted by Crippen LogP contribution is -2.71. The van der Waals surface area contributed by atoms with Gasteiger partial charge in [-0.05, 0) is 113 Å². The molecule has 39 atom stereocenters. The number of carbonyl (C=O) groups excluding carboxylic acids is 2. The first-order valence-electron chi connectivity index (χ1n) is 35.3. The number of hydrogen-bond donors (Lipinski definition) is 19. The molecular formula is C67H106O35. The molecule has 0 amide bonds. The number of hydrogen-bond acceptors (Lipinski definition) is 34. The maximum absolute atomic E-state index is 15.8. The van der Waals surface area contributed by atoms with E-state index in [0.717, 1.165) is 12.5 Å². The van der Waals surface area contributed by atoms with Crippen LogP contribution in [0.1, 0.15) is 113 Å². The van der Waals surface area contributed by atoms with Crippen LogP contribution in [0.2, 0.25) is 0 Å². The summed E-state index contributed by atoms with van der Waals surface area (Å²) in [6.45, 7) is 10.0. The number of ether oxygens (including phenoxy) is 13. The fourth-order valence-electron chi connectivity index (χ4n) is 19.6. The van der Waals surface area contributed by atoms with Crippen LogP contribution in [0.15, 0.2) is 11.6 Å². The topological polar surface area (TPSA) is 556 Å². The van der Waals surface area contributed by atoms with E-state index < -0.39 is 292 Å². The van der Waals surface area contributed by atoms with E-state index in [1.165, 1.54) is 20.8 Å². The van der Waals surface area contributed by atoms with Crippen molar-refractivity contribution in [2.24, 2.45) is 50.2 Å². The van der Waals surface area contributed by atoms with E-state index in [2.05, 4.69) is 20.8 Å². The van der Waals surface area contributed by atoms with Gasteiger partial charge in [0, 0.05) is 12.3 Å². The highest BCUT2D eigenvalue weighted by molar-refractivity contribution is 5.79. The molecule has 0 aromatic carbocycles. The number of aliphatic carboxylic acids is 1. The number of aliphatic hydroxyl groups excluding tert-OH is 18. The summed E-state index contributed by atoms with van der Waals surface area (Å²) >= 11 is 0. The molecule has 10 fully saturated rings. The molecule has 0 aromatic rings. The predicted molar refractivity (Wildman–Crippen MR) is 334 cm³/mol. The third-order valence-corrected chi connectivity index (χ3v) is 25.5. The highest BCUT2D eigenvalue weighted by Crippen LogP contribution is 2.76. The number of carboxylic acids is 1. The lowest BCUT2D eigenvalue weighted by atomic mass is 9.33. The molecule has 0 spiro atoms. The van der Waals surface area contributed by atoms with Crippen LogP contribution in [-0.4, -0.2) is 338 Å². The monoisotopic (exact) mass is 1470 g/mol. The Morgan fingerprint density at radius 1 is 0.500 bits per heavy atom. The van der Waals surface area contributed by atoms with E-state index >= 15 is 4.79 Å².